The zero-order valence-corrected chi connectivity index (χ0v) is 11.1. The average molecular weight is 269 g/mol. The Morgan fingerprint density at radius 3 is 3.10 bits per heavy atom. The Kier molecular flexibility index (Phi) is 3.45. The molecule has 6 nitrogen and oxygen atoms in total. The van der Waals surface area contributed by atoms with E-state index in [9.17, 15) is 0 Å². The van der Waals surface area contributed by atoms with Gasteiger partial charge in [-0.3, -0.25) is 0 Å². The molecule has 102 valence electrons. The molecule has 0 spiro atoms. The highest BCUT2D eigenvalue weighted by atomic mass is 16.5. The van der Waals surface area contributed by atoms with E-state index in [4.69, 9.17) is 4.74 Å². The van der Waals surface area contributed by atoms with E-state index in [2.05, 4.69) is 31.3 Å². The number of hydrogen-bond acceptors (Lipinski definition) is 5. The van der Waals surface area contributed by atoms with Crippen molar-refractivity contribution < 1.29 is 4.74 Å². The van der Waals surface area contributed by atoms with E-state index in [-0.39, 0.29) is 0 Å². The highest BCUT2D eigenvalue weighted by molar-refractivity contribution is 5.81. The molecule has 0 aliphatic rings. The zero-order valence-electron chi connectivity index (χ0n) is 11.1. The van der Waals surface area contributed by atoms with E-state index in [1.807, 2.05) is 18.2 Å². The molecular formula is C14H15N5O. The number of methoxy groups -OCH3 is 1. The first-order valence-corrected chi connectivity index (χ1v) is 6.37. The quantitative estimate of drug-likeness (QED) is 0.741. The lowest BCUT2D eigenvalue weighted by atomic mass is 10.1. The van der Waals surface area contributed by atoms with E-state index >= 15 is 0 Å². The van der Waals surface area contributed by atoms with Gasteiger partial charge in [-0.25, -0.2) is 15.0 Å². The van der Waals surface area contributed by atoms with Crippen LogP contribution in [-0.4, -0.2) is 33.6 Å². The Morgan fingerprint density at radius 2 is 2.20 bits per heavy atom. The number of fused-ring (bicyclic) bond motifs is 1. The van der Waals surface area contributed by atoms with Gasteiger partial charge < -0.3 is 15.0 Å². The van der Waals surface area contributed by atoms with Crippen LogP contribution in [-0.2, 0) is 6.42 Å². The molecule has 0 aliphatic heterocycles. The molecule has 0 atom stereocenters. The maximum atomic E-state index is 5.21. The first-order valence-electron chi connectivity index (χ1n) is 6.37. The fraction of sp³-hybridized carbons (Fsp3) is 0.214. The van der Waals surface area contributed by atoms with Crippen LogP contribution in [0.5, 0.6) is 5.75 Å². The van der Waals surface area contributed by atoms with Crippen molar-refractivity contribution in [3.63, 3.8) is 0 Å². The minimum absolute atomic E-state index is 0.740. The van der Waals surface area contributed by atoms with Crippen LogP contribution in [0.2, 0.25) is 0 Å². The van der Waals surface area contributed by atoms with E-state index < -0.39 is 0 Å². The second-order valence-electron chi connectivity index (χ2n) is 4.35. The third-order valence-corrected chi connectivity index (χ3v) is 3.06. The van der Waals surface area contributed by atoms with E-state index in [0.29, 0.717) is 0 Å². The van der Waals surface area contributed by atoms with Crippen LogP contribution in [0.15, 0.2) is 36.9 Å². The van der Waals surface area contributed by atoms with Gasteiger partial charge >= 0.3 is 0 Å². The van der Waals surface area contributed by atoms with E-state index in [1.165, 1.54) is 11.9 Å². The third-order valence-electron chi connectivity index (χ3n) is 3.06. The number of H-pyrrole nitrogens is 1. The Balaban J connectivity index is 1.66. The summed E-state index contributed by atoms with van der Waals surface area (Å²) < 4.78 is 5.21. The molecule has 3 rings (SSSR count). The van der Waals surface area contributed by atoms with Gasteiger partial charge in [0.15, 0.2) is 11.5 Å². The average Bonchev–Trinajstić information content (AvgIpc) is 2.97. The van der Waals surface area contributed by atoms with Gasteiger partial charge in [0.05, 0.1) is 13.4 Å². The monoisotopic (exact) mass is 269 g/mol. The summed E-state index contributed by atoms with van der Waals surface area (Å²) in [6.07, 6.45) is 4.02. The Bertz CT molecular complexity index is 709. The van der Waals surface area contributed by atoms with Crippen LogP contribution in [0.3, 0.4) is 0 Å². The normalized spacial score (nSPS) is 10.7. The number of hydrogen-bond donors (Lipinski definition) is 2. The van der Waals surface area contributed by atoms with Crippen LogP contribution in [0.1, 0.15) is 5.56 Å². The van der Waals surface area contributed by atoms with Crippen LogP contribution in [0.25, 0.3) is 11.2 Å². The van der Waals surface area contributed by atoms with Gasteiger partial charge in [0.1, 0.15) is 17.6 Å². The second-order valence-corrected chi connectivity index (χ2v) is 4.35. The lowest BCUT2D eigenvalue weighted by molar-refractivity contribution is 0.414. The molecule has 2 N–H and O–H groups in total. The summed E-state index contributed by atoms with van der Waals surface area (Å²) in [5.74, 6) is 1.62. The number of imidazole rings is 1. The molecular weight excluding hydrogens is 254 g/mol. The van der Waals surface area contributed by atoms with E-state index in [1.54, 1.807) is 13.4 Å². The van der Waals surface area contributed by atoms with Crippen molar-refractivity contribution in [2.75, 3.05) is 19.0 Å². The first kappa shape index (κ1) is 12.4. The minimum atomic E-state index is 0.740. The van der Waals surface area contributed by atoms with Crippen LogP contribution in [0.4, 0.5) is 5.82 Å². The van der Waals surface area contributed by atoms with Crippen molar-refractivity contribution in [3.8, 4) is 5.75 Å². The standard InChI is InChI=1S/C14H15N5O/c1-20-11-4-2-3-10(7-11)5-6-15-13-12-14(17-8-16-12)19-9-18-13/h2-4,7-9H,5-6H2,1H3,(H2,15,16,17,18,19). The van der Waals surface area contributed by atoms with Crippen molar-refractivity contribution in [3.05, 3.63) is 42.5 Å². The van der Waals surface area contributed by atoms with Crippen molar-refractivity contribution in [2.45, 2.75) is 6.42 Å². The minimum Gasteiger partial charge on any atom is -0.497 e. The molecule has 2 aromatic heterocycles. The topological polar surface area (TPSA) is 75.7 Å². The van der Waals surface area contributed by atoms with Gasteiger partial charge in [0, 0.05) is 6.54 Å². The van der Waals surface area contributed by atoms with Gasteiger partial charge in [-0.2, -0.15) is 0 Å². The maximum Gasteiger partial charge on any atom is 0.162 e. The number of ether oxygens (including phenoxy) is 1. The number of benzene rings is 1. The molecule has 0 amide bonds. The predicted octanol–water partition coefficient (Wildman–Crippen LogP) is 2.02. The van der Waals surface area contributed by atoms with Crippen molar-refractivity contribution >= 4 is 17.0 Å². The van der Waals surface area contributed by atoms with Gasteiger partial charge in [-0.1, -0.05) is 12.1 Å². The molecule has 6 heteroatoms. The summed E-state index contributed by atoms with van der Waals surface area (Å²) in [6.45, 7) is 0.770. The van der Waals surface area contributed by atoms with Crippen LogP contribution >= 0.6 is 0 Å². The highest BCUT2D eigenvalue weighted by Crippen LogP contribution is 2.15. The molecule has 0 radical (unpaired) electrons. The Hall–Kier alpha value is -2.63. The third kappa shape index (κ3) is 2.54. The maximum absolute atomic E-state index is 5.21. The fourth-order valence-corrected chi connectivity index (χ4v) is 2.05. The van der Waals surface area contributed by atoms with Crippen molar-refractivity contribution in [2.24, 2.45) is 0 Å². The second kappa shape index (κ2) is 5.56. The molecule has 0 unspecified atom stereocenters. The molecule has 0 fully saturated rings. The first-order chi connectivity index (χ1) is 9.86. The van der Waals surface area contributed by atoms with Gasteiger partial charge in [-0.15, -0.1) is 0 Å². The number of nitrogens with one attached hydrogen (secondary N) is 2. The van der Waals surface area contributed by atoms with Crippen LogP contribution in [0, 0.1) is 0 Å². The van der Waals surface area contributed by atoms with Crippen LogP contribution < -0.4 is 10.1 Å². The number of anilines is 1. The largest absolute Gasteiger partial charge is 0.497 e. The molecule has 20 heavy (non-hydrogen) atoms. The van der Waals surface area contributed by atoms with E-state index in [0.717, 1.165) is 35.7 Å². The number of rotatable bonds is 5. The zero-order chi connectivity index (χ0) is 13.8. The number of aromatic nitrogens is 4. The molecule has 0 bridgehead atoms. The molecule has 2 heterocycles. The molecule has 0 saturated carbocycles. The Labute approximate surface area is 116 Å². The van der Waals surface area contributed by atoms with Crippen molar-refractivity contribution in [1.82, 2.24) is 19.9 Å². The molecule has 1 aromatic carbocycles. The van der Waals surface area contributed by atoms with Gasteiger partial charge in [-0.05, 0) is 24.1 Å². The fourth-order valence-electron chi connectivity index (χ4n) is 2.05. The number of nitrogens with zero attached hydrogens (tertiary/aromatic N) is 3. The predicted molar refractivity (Wildman–Crippen MR) is 76.9 cm³/mol. The summed E-state index contributed by atoms with van der Waals surface area (Å²) >= 11 is 0. The lowest BCUT2D eigenvalue weighted by Gasteiger charge is -2.07. The lowest BCUT2D eigenvalue weighted by Crippen LogP contribution is -2.07. The summed E-state index contributed by atoms with van der Waals surface area (Å²) in [7, 11) is 1.67. The van der Waals surface area contributed by atoms with Gasteiger partial charge in [0.25, 0.3) is 0 Å². The summed E-state index contributed by atoms with van der Waals surface area (Å²) in [5.41, 5.74) is 2.71. The summed E-state index contributed by atoms with van der Waals surface area (Å²) in [6, 6.07) is 8.04. The molecule has 0 aliphatic carbocycles. The summed E-state index contributed by atoms with van der Waals surface area (Å²) in [5, 5.41) is 3.29. The van der Waals surface area contributed by atoms with Crippen molar-refractivity contribution in [1.29, 1.82) is 0 Å². The van der Waals surface area contributed by atoms with Gasteiger partial charge in [0.2, 0.25) is 0 Å². The number of aromatic amines is 1. The smallest absolute Gasteiger partial charge is 0.162 e. The SMILES string of the molecule is COc1cccc(CCNc2ncnc3[nH]cnc23)c1. The Morgan fingerprint density at radius 1 is 1.25 bits per heavy atom. The summed E-state index contributed by atoms with van der Waals surface area (Å²) in [4.78, 5) is 15.5. The highest BCUT2D eigenvalue weighted by Gasteiger charge is 2.05. The molecule has 3 aromatic rings. The molecule has 0 saturated heterocycles.